The lowest BCUT2D eigenvalue weighted by Crippen LogP contribution is -2.32. The van der Waals surface area contributed by atoms with E-state index in [0.29, 0.717) is 22.3 Å². The minimum atomic E-state index is -4.64. The monoisotopic (exact) mass is 539 g/mol. The predicted octanol–water partition coefficient (Wildman–Crippen LogP) is 5.74. The van der Waals surface area contributed by atoms with Gasteiger partial charge in [0.2, 0.25) is 11.9 Å². The number of carbonyl (C=O) groups excluding carboxylic acids is 1. The topological polar surface area (TPSA) is 78.3 Å². The van der Waals surface area contributed by atoms with Crippen molar-refractivity contribution in [3.63, 3.8) is 0 Å². The van der Waals surface area contributed by atoms with Crippen molar-refractivity contribution < 1.29 is 18.0 Å². The Balaban J connectivity index is 1.74. The Bertz CT molecular complexity index is 1480. The van der Waals surface area contributed by atoms with Gasteiger partial charge in [-0.25, -0.2) is 9.97 Å². The second-order valence-electron chi connectivity index (χ2n) is 9.55. The minimum absolute atomic E-state index is 0.00687. The number of benzene rings is 2. The van der Waals surface area contributed by atoms with Gasteiger partial charge in [-0.15, -0.1) is 0 Å². The fourth-order valence-corrected chi connectivity index (χ4v) is 4.46. The summed E-state index contributed by atoms with van der Waals surface area (Å²) in [5.41, 5.74) is 1.96. The van der Waals surface area contributed by atoms with E-state index in [0.717, 1.165) is 37.0 Å². The maximum absolute atomic E-state index is 14.0. The van der Waals surface area contributed by atoms with E-state index in [9.17, 15) is 18.0 Å². The number of rotatable bonds is 9. The lowest BCUT2D eigenvalue weighted by atomic mass is 10.1. The molecule has 0 saturated heterocycles. The third-order valence-corrected chi connectivity index (χ3v) is 6.35. The Morgan fingerprint density at radius 1 is 1.10 bits per heavy atom. The van der Waals surface area contributed by atoms with E-state index in [1.807, 2.05) is 39.2 Å². The van der Waals surface area contributed by atoms with Crippen molar-refractivity contribution in [2.75, 3.05) is 49.3 Å². The number of hydrogen-bond acceptors (Lipinski definition) is 6. The van der Waals surface area contributed by atoms with E-state index in [1.54, 1.807) is 42.1 Å². The maximum Gasteiger partial charge on any atom is 0.419 e. The standard InChI is InChI=1S/C28H32F3N7O/c1-6-38(14-13-36(3)4)25-12-11-19(15-23(25)33-18(2)39)34-27-32-16-22(28(29,30)31)26(35-27)21-17-37(5)24-10-8-7-9-20(21)24/h7-12,15-17H,6,13-14H2,1-5H3,(H,33,39)(H,32,34,35). The zero-order chi connectivity index (χ0) is 28.3. The van der Waals surface area contributed by atoms with Crippen molar-refractivity contribution in [2.45, 2.75) is 20.0 Å². The van der Waals surface area contributed by atoms with Gasteiger partial charge in [-0.3, -0.25) is 4.79 Å². The molecule has 0 radical (unpaired) electrons. The highest BCUT2D eigenvalue weighted by atomic mass is 19.4. The quantitative estimate of drug-likeness (QED) is 0.282. The average molecular weight is 540 g/mol. The van der Waals surface area contributed by atoms with Gasteiger partial charge in [0.15, 0.2) is 0 Å². The number of alkyl halides is 3. The molecule has 2 N–H and O–H groups in total. The number of aromatic nitrogens is 3. The molecule has 0 fully saturated rings. The summed E-state index contributed by atoms with van der Waals surface area (Å²) in [6.07, 6.45) is -2.19. The Morgan fingerprint density at radius 3 is 2.51 bits per heavy atom. The molecule has 0 aliphatic heterocycles. The normalized spacial score (nSPS) is 11.7. The maximum atomic E-state index is 14.0. The molecule has 0 atom stereocenters. The summed E-state index contributed by atoms with van der Waals surface area (Å²) in [6.45, 7) is 5.76. The van der Waals surface area contributed by atoms with Crippen LogP contribution in [0.2, 0.25) is 0 Å². The first-order valence-corrected chi connectivity index (χ1v) is 12.5. The van der Waals surface area contributed by atoms with E-state index in [2.05, 4.69) is 30.4 Å². The smallest absolute Gasteiger partial charge is 0.369 e. The zero-order valence-electron chi connectivity index (χ0n) is 22.6. The van der Waals surface area contributed by atoms with Gasteiger partial charge in [0, 0.05) is 68.2 Å². The molecule has 4 rings (SSSR count). The lowest BCUT2D eigenvalue weighted by Gasteiger charge is -2.27. The molecule has 0 unspecified atom stereocenters. The van der Waals surface area contributed by atoms with Crippen molar-refractivity contribution in [3.05, 3.63) is 60.4 Å². The van der Waals surface area contributed by atoms with Crippen LogP contribution in [0.4, 0.5) is 36.2 Å². The molecule has 0 aliphatic carbocycles. The second kappa shape index (κ2) is 11.3. The third-order valence-electron chi connectivity index (χ3n) is 6.35. The van der Waals surface area contributed by atoms with Crippen molar-refractivity contribution >= 4 is 39.8 Å². The van der Waals surface area contributed by atoms with Crippen LogP contribution in [0.5, 0.6) is 0 Å². The molecule has 4 aromatic rings. The van der Waals surface area contributed by atoms with Crippen LogP contribution in [0.3, 0.4) is 0 Å². The van der Waals surface area contributed by atoms with E-state index in [1.165, 1.54) is 6.92 Å². The number of amides is 1. The van der Waals surface area contributed by atoms with Crippen LogP contribution >= 0.6 is 0 Å². The van der Waals surface area contributed by atoms with Crippen LogP contribution in [0.15, 0.2) is 54.9 Å². The minimum Gasteiger partial charge on any atom is -0.369 e. The Kier molecular flexibility index (Phi) is 8.10. The van der Waals surface area contributed by atoms with E-state index >= 15 is 0 Å². The van der Waals surface area contributed by atoms with Crippen molar-refractivity contribution in [1.29, 1.82) is 0 Å². The van der Waals surface area contributed by atoms with Crippen molar-refractivity contribution in [3.8, 4) is 11.3 Å². The number of carbonyl (C=O) groups is 1. The Labute approximate surface area is 225 Å². The fraction of sp³-hybridized carbons (Fsp3) is 0.321. The zero-order valence-corrected chi connectivity index (χ0v) is 22.6. The van der Waals surface area contributed by atoms with Gasteiger partial charge in [-0.2, -0.15) is 13.2 Å². The second-order valence-corrected chi connectivity index (χ2v) is 9.55. The van der Waals surface area contributed by atoms with Crippen molar-refractivity contribution in [1.82, 2.24) is 19.4 Å². The Morgan fingerprint density at radius 2 is 1.85 bits per heavy atom. The molecule has 2 aromatic carbocycles. The van der Waals surface area contributed by atoms with Crippen molar-refractivity contribution in [2.24, 2.45) is 7.05 Å². The van der Waals surface area contributed by atoms with Crippen LogP contribution in [0, 0.1) is 0 Å². The summed E-state index contributed by atoms with van der Waals surface area (Å²) in [7, 11) is 5.76. The number of para-hydroxylation sites is 1. The fourth-order valence-electron chi connectivity index (χ4n) is 4.46. The highest BCUT2D eigenvalue weighted by Crippen LogP contribution is 2.39. The molecular formula is C28H32F3N7O. The summed E-state index contributed by atoms with van der Waals surface area (Å²) >= 11 is 0. The summed E-state index contributed by atoms with van der Waals surface area (Å²) in [4.78, 5) is 24.5. The SMILES string of the molecule is CCN(CCN(C)C)c1ccc(Nc2ncc(C(F)(F)F)c(-c3cn(C)c4ccccc34)n2)cc1NC(C)=O. The summed E-state index contributed by atoms with van der Waals surface area (Å²) in [6, 6.07) is 12.6. The molecule has 1 amide bonds. The van der Waals surface area contributed by atoms with Gasteiger partial charge in [-0.1, -0.05) is 18.2 Å². The van der Waals surface area contributed by atoms with E-state index < -0.39 is 11.7 Å². The molecule has 11 heteroatoms. The molecule has 2 heterocycles. The van der Waals surface area contributed by atoms with Gasteiger partial charge in [0.25, 0.3) is 0 Å². The first-order valence-electron chi connectivity index (χ1n) is 12.5. The van der Waals surface area contributed by atoms with Gasteiger partial charge in [0.1, 0.15) is 5.56 Å². The number of hydrogen-bond donors (Lipinski definition) is 2. The average Bonchev–Trinajstić information content (AvgIpc) is 3.21. The number of halogens is 3. The van der Waals surface area contributed by atoms with Gasteiger partial charge >= 0.3 is 6.18 Å². The van der Waals surface area contributed by atoms with Crippen LogP contribution in [0.1, 0.15) is 19.4 Å². The molecule has 2 aromatic heterocycles. The molecular weight excluding hydrogens is 507 g/mol. The van der Waals surface area contributed by atoms with Crippen LogP contribution in [-0.2, 0) is 18.0 Å². The molecule has 39 heavy (non-hydrogen) atoms. The number of anilines is 4. The number of nitrogens with zero attached hydrogens (tertiary/aromatic N) is 5. The molecule has 8 nitrogen and oxygen atoms in total. The lowest BCUT2D eigenvalue weighted by molar-refractivity contribution is -0.137. The summed E-state index contributed by atoms with van der Waals surface area (Å²) in [5.74, 6) is -0.228. The number of likely N-dealkylation sites (N-methyl/N-ethyl adjacent to an activating group) is 2. The number of aryl methyl sites for hydroxylation is 1. The van der Waals surface area contributed by atoms with E-state index in [4.69, 9.17) is 0 Å². The molecule has 0 spiro atoms. The van der Waals surface area contributed by atoms with Crippen LogP contribution < -0.4 is 15.5 Å². The predicted molar refractivity (Wildman–Crippen MR) is 149 cm³/mol. The van der Waals surface area contributed by atoms with Gasteiger partial charge in [0.05, 0.1) is 17.1 Å². The number of fused-ring (bicyclic) bond motifs is 1. The molecule has 0 bridgehead atoms. The molecule has 206 valence electrons. The molecule has 0 aliphatic rings. The first kappa shape index (κ1) is 27.9. The number of nitrogens with one attached hydrogen (secondary N) is 2. The first-order chi connectivity index (χ1) is 18.5. The Hall–Kier alpha value is -4.12. The highest BCUT2D eigenvalue weighted by molar-refractivity contribution is 5.96. The highest BCUT2D eigenvalue weighted by Gasteiger charge is 2.36. The summed E-state index contributed by atoms with van der Waals surface area (Å²) < 4.78 is 43.7. The largest absolute Gasteiger partial charge is 0.419 e. The van der Waals surface area contributed by atoms with Gasteiger partial charge in [-0.05, 0) is 45.3 Å². The summed E-state index contributed by atoms with van der Waals surface area (Å²) in [5, 5.41) is 6.54. The van der Waals surface area contributed by atoms with E-state index in [-0.39, 0.29) is 17.5 Å². The van der Waals surface area contributed by atoms with Gasteiger partial charge < -0.3 is 25.0 Å². The van der Waals surface area contributed by atoms with Crippen LogP contribution in [-0.4, -0.2) is 59.1 Å². The third kappa shape index (κ3) is 6.31. The van der Waals surface area contributed by atoms with Crippen LogP contribution in [0.25, 0.3) is 22.2 Å². The molecule has 0 saturated carbocycles.